The van der Waals surface area contributed by atoms with Gasteiger partial charge in [-0.3, -0.25) is 14.7 Å². The summed E-state index contributed by atoms with van der Waals surface area (Å²) in [6.07, 6.45) is 2.48. The van der Waals surface area contributed by atoms with Crippen LogP contribution in [0.4, 0.5) is 5.69 Å². The van der Waals surface area contributed by atoms with Crippen LogP contribution in [0.2, 0.25) is 0 Å². The van der Waals surface area contributed by atoms with Crippen molar-refractivity contribution >= 4 is 5.69 Å². The second-order valence-electron chi connectivity index (χ2n) is 8.23. The summed E-state index contributed by atoms with van der Waals surface area (Å²) in [5.41, 5.74) is 6.14. The van der Waals surface area contributed by atoms with Gasteiger partial charge >= 0.3 is 0 Å². The van der Waals surface area contributed by atoms with Crippen molar-refractivity contribution in [2.75, 3.05) is 37.7 Å². The number of aromatic amines is 1. The van der Waals surface area contributed by atoms with Gasteiger partial charge in [0, 0.05) is 51.0 Å². The lowest BCUT2D eigenvalue weighted by Gasteiger charge is -2.30. The molecule has 0 amide bonds. The van der Waals surface area contributed by atoms with E-state index in [4.69, 9.17) is 9.72 Å². The highest BCUT2D eigenvalue weighted by atomic mass is 16.5. The molecule has 1 saturated heterocycles. The van der Waals surface area contributed by atoms with Crippen LogP contribution in [0.25, 0.3) is 11.5 Å². The van der Waals surface area contributed by atoms with Gasteiger partial charge in [-0.2, -0.15) is 0 Å². The molecule has 1 fully saturated rings. The van der Waals surface area contributed by atoms with Crippen molar-refractivity contribution in [1.29, 1.82) is 0 Å². The maximum Gasteiger partial charge on any atom is 0.255 e. The summed E-state index contributed by atoms with van der Waals surface area (Å²) in [4.78, 5) is 29.4. The van der Waals surface area contributed by atoms with Gasteiger partial charge < -0.3 is 14.6 Å². The molecule has 2 aliphatic heterocycles. The van der Waals surface area contributed by atoms with Crippen molar-refractivity contribution in [3.8, 4) is 11.5 Å². The van der Waals surface area contributed by atoms with Crippen molar-refractivity contribution in [1.82, 2.24) is 19.9 Å². The van der Waals surface area contributed by atoms with E-state index >= 15 is 0 Å². The largest absolute Gasteiger partial charge is 0.378 e. The molecule has 0 atom stereocenters. The fourth-order valence-corrected chi connectivity index (χ4v) is 4.36. The summed E-state index contributed by atoms with van der Waals surface area (Å²) in [7, 11) is 0. The summed E-state index contributed by atoms with van der Waals surface area (Å²) in [6, 6.07) is 12.3. The topological polar surface area (TPSA) is 74.3 Å². The maximum absolute atomic E-state index is 12.8. The number of nitrogens with one attached hydrogen (secondary N) is 1. The van der Waals surface area contributed by atoms with Crippen LogP contribution in [0.1, 0.15) is 22.4 Å². The number of hydrogen-bond acceptors (Lipinski definition) is 6. The Labute approximate surface area is 181 Å². The van der Waals surface area contributed by atoms with Gasteiger partial charge in [0.05, 0.1) is 24.5 Å². The van der Waals surface area contributed by atoms with Gasteiger partial charge in [0.25, 0.3) is 5.56 Å². The SMILES string of the molecule is Cc1cc(N2CCOCC2)ccc1CN1CCc2nc(-c3ccccn3)[nH]c(=O)c2C1. The quantitative estimate of drug-likeness (QED) is 0.703. The summed E-state index contributed by atoms with van der Waals surface area (Å²) in [5.74, 6) is 0.548. The van der Waals surface area contributed by atoms with Gasteiger partial charge in [-0.25, -0.2) is 4.98 Å². The second-order valence-corrected chi connectivity index (χ2v) is 8.23. The molecule has 2 aromatic heterocycles. The Bertz CT molecular complexity index is 1120. The number of aryl methyl sites for hydroxylation is 1. The Balaban J connectivity index is 1.31. The lowest BCUT2D eigenvalue weighted by molar-refractivity contribution is 0.122. The van der Waals surface area contributed by atoms with Crippen LogP contribution in [-0.4, -0.2) is 52.7 Å². The van der Waals surface area contributed by atoms with Gasteiger partial charge in [0.2, 0.25) is 0 Å². The van der Waals surface area contributed by atoms with Crippen molar-refractivity contribution in [2.24, 2.45) is 0 Å². The van der Waals surface area contributed by atoms with E-state index in [2.05, 4.69) is 44.9 Å². The molecule has 0 unspecified atom stereocenters. The first-order valence-electron chi connectivity index (χ1n) is 10.9. The number of rotatable bonds is 4. The monoisotopic (exact) mass is 417 g/mol. The van der Waals surface area contributed by atoms with Crippen molar-refractivity contribution in [3.05, 3.63) is 75.3 Å². The summed E-state index contributed by atoms with van der Waals surface area (Å²) >= 11 is 0. The molecule has 1 aromatic carbocycles. The molecule has 0 bridgehead atoms. The maximum atomic E-state index is 12.8. The number of anilines is 1. The highest BCUT2D eigenvalue weighted by Crippen LogP contribution is 2.24. The molecule has 31 heavy (non-hydrogen) atoms. The third-order valence-electron chi connectivity index (χ3n) is 6.15. The van der Waals surface area contributed by atoms with Crippen molar-refractivity contribution < 1.29 is 4.74 Å². The summed E-state index contributed by atoms with van der Waals surface area (Å²) in [5, 5.41) is 0. The van der Waals surface area contributed by atoms with E-state index in [0.717, 1.165) is 57.1 Å². The van der Waals surface area contributed by atoms with Crippen molar-refractivity contribution in [3.63, 3.8) is 0 Å². The van der Waals surface area contributed by atoms with E-state index in [1.54, 1.807) is 6.20 Å². The zero-order chi connectivity index (χ0) is 21.2. The second kappa shape index (κ2) is 8.61. The third-order valence-corrected chi connectivity index (χ3v) is 6.15. The number of morpholine rings is 1. The predicted octanol–water partition coefficient (Wildman–Crippen LogP) is 2.54. The molecular weight excluding hydrogens is 390 g/mol. The highest BCUT2D eigenvalue weighted by Gasteiger charge is 2.22. The van der Waals surface area contributed by atoms with Gasteiger partial charge in [0.1, 0.15) is 5.69 Å². The normalized spacial score (nSPS) is 16.9. The van der Waals surface area contributed by atoms with Crippen LogP contribution in [0.3, 0.4) is 0 Å². The minimum Gasteiger partial charge on any atom is -0.378 e. The zero-order valence-corrected chi connectivity index (χ0v) is 17.8. The van der Waals surface area contributed by atoms with Crippen molar-refractivity contribution in [2.45, 2.75) is 26.4 Å². The molecule has 0 spiro atoms. The predicted molar refractivity (Wildman–Crippen MR) is 120 cm³/mol. The number of aromatic nitrogens is 3. The van der Waals surface area contributed by atoms with Crippen LogP contribution in [0.15, 0.2) is 47.4 Å². The number of pyridine rings is 1. The third kappa shape index (κ3) is 4.24. The zero-order valence-electron chi connectivity index (χ0n) is 17.8. The van der Waals surface area contributed by atoms with Gasteiger partial charge in [-0.1, -0.05) is 12.1 Å². The highest BCUT2D eigenvalue weighted by molar-refractivity contribution is 5.51. The molecule has 0 saturated carbocycles. The Kier molecular flexibility index (Phi) is 5.53. The number of benzene rings is 1. The first kappa shape index (κ1) is 19.9. The minimum atomic E-state index is -0.0604. The minimum absolute atomic E-state index is 0.0604. The Morgan fingerprint density at radius 2 is 2.00 bits per heavy atom. The average molecular weight is 418 g/mol. The first-order valence-corrected chi connectivity index (χ1v) is 10.9. The fourth-order valence-electron chi connectivity index (χ4n) is 4.36. The number of ether oxygens (including phenoxy) is 1. The molecule has 4 heterocycles. The smallest absolute Gasteiger partial charge is 0.255 e. The van der Waals surface area contributed by atoms with Gasteiger partial charge in [-0.15, -0.1) is 0 Å². The van der Waals surface area contributed by atoms with E-state index in [1.165, 1.54) is 16.8 Å². The molecule has 7 heteroatoms. The number of fused-ring (bicyclic) bond motifs is 1. The van der Waals surface area contributed by atoms with E-state index in [1.807, 2.05) is 18.2 Å². The van der Waals surface area contributed by atoms with Crippen LogP contribution in [0.5, 0.6) is 0 Å². The Morgan fingerprint density at radius 1 is 1.13 bits per heavy atom. The fraction of sp³-hybridized carbons (Fsp3) is 0.375. The van der Waals surface area contributed by atoms with Gasteiger partial charge in [-0.05, 0) is 42.3 Å². The standard InChI is InChI=1S/C24H27N5O2/c1-17-14-19(29-10-12-31-13-11-29)6-5-18(17)15-28-9-7-21-20(16-28)24(30)27-23(26-21)22-4-2-3-8-25-22/h2-6,8,14H,7,9-13,15-16H2,1H3,(H,26,27,30). The van der Waals surface area contributed by atoms with Crippen LogP contribution in [-0.2, 0) is 24.2 Å². The number of nitrogens with zero attached hydrogens (tertiary/aromatic N) is 4. The van der Waals surface area contributed by atoms with Crippen LogP contribution in [0, 0.1) is 6.92 Å². The molecule has 3 aromatic rings. The van der Waals surface area contributed by atoms with Crippen LogP contribution >= 0.6 is 0 Å². The molecular formula is C24H27N5O2. The molecule has 0 radical (unpaired) electrons. The first-order chi connectivity index (χ1) is 15.2. The average Bonchev–Trinajstić information content (AvgIpc) is 2.82. The molecule has 0 aliphatic carbocycles. The van der Waals surface area contributed by atoms with E-state index in [-0.39, 0.29) is 5.56 Å². The van der Waals surface area contributed by atoms with E-state index in [9.17, 15) is 4.79 Å². The number of hydrogen-bond donors (Lipinski definition) is 1. The summed E-state index contributed by atoms with van der Waals surface area (Å²) < 4.78 is 5.46. The van der Waals surface area contributed by atoms with Crippen LogP contribution < -0.4 is 10.5 Å². The lowest BCUT2D eigenvalue weighted by Crippen LogP contribution is -2.36. The number of H-pyrrole nitrogens is 1. The van der Waals surface area contributed by atoms with E-state index < -0.39 is 0 Å². The Morgan fingerprint density at radius 3 is 2.77 bits per heavy atom. The molecule has 7 nitrogen and oxygen atoms in total. The molecule has 160 valence electrons. The van der Waals surface area contributed by atoms with E-state index in [0.29, 0.717) is 18.1 Å². The van der Waals surface area contributed by atoms with Gasteiger partial charge in [0.15, 0.2) is 5.82 Å². The summed E-state index contributed by atoms with van der Waals surface area (Å²) in [6.45, 7) is 7.97. The lowest BCUT2D eigenvalue weighted by atomic mass is 10.0. The molecule has 2 aliphatic rings. The molecule has 5 rings (SSSR count). The Hall–Kier alpha value is -3.03. The molecule has 1 N–H and O–H groups in total.